The molecule has 1 aliphatic heterocycles. The van der Waals surface area contributed by atoms with E-state index in [0.717, 1.165) is 5.56 Å². The van der Waals surface area contributed by atoms with Gasteiger partial charge >= 0.3 is 6.09 Å². The third kappa shape index (κ3) is 3.98. The van der Waals surface area contributed by atoms with Crippen molar-refractivity contribution in [3.05, 3.63) is 75.8 Å². The molecule has 0 aliphatic carbocycles. The van der Waals surface area contributed by atoms with E-state index < -0.39 is 16.6 Å². The zero-order valence-electron chi connectivity index (χ0n) is 15.0. The summed E-state index contributed by atoms with van der Waals surface area (Å²) in [6.45, 7) is 1.80. The summed E-state index contributed by atoms with van der Waals surface area (Å²) in [7, 11) is 0. The molecular formula is C19H18N4O5. The van der Waals surface area contributed by atoms with Gasteiger partial charge in [-0.2, -0.15) is 0 Å². The van der Waals surface area contributed by atoms with E-state index in [2.05, 4.69) is 10.3 Å². The molecule has 0 aromatic heterocycles. The number of nitro groups is 1. The fourth-order valence-electron chi connectivity index (χ4n) is 3.08. The van der Waals surface area contributed by atoms with Crippen LogP contribution in [-0.2, 0) is 16.9 Å². The maximum absolute atomic E-state index is 12.9. The summed E-state index contributed by atoms with van der Waals surface area (Å²) in [5, 5.41) is 22.4. The summed E-state index contributed by atoms with van der Waals surface area (Å²) in [6.07, 6.45) is -1.40. The Morgan fingerprint density at radius 3 is 2.64 bits per heavy atom. The van der Waals surface area contributed by atoms with Crippen molar-refractivity contribution in [1.82, 2.24) is 10.2 Å². The van der Waals surface area contributed by atoms with E-state index in [9.17, 15) is 24.8 Å². The number of benzene rings is 2. The second-order valence-corrected chi connectivity index (χ2v) is 6.59. The summed E-state index contributed by atoms with van der Waals surface area (Å²) in [6, 6.07) is 15.0. The Morgan fingerprint density at radius 1 is 1.29 bits per heavy atom. The Hall–Kier alpha value is -3.75. The van der Waals surface area contributed by atoms with Gasteiger partial charge in [0.05, 0.1) is 23.4 Å². The highest BCUT2D eigenvalue weighted by Gasteiger charge is 2.39. The fourth-order valence-corrected chi connectivity index (χ4v) is 3.08. The molecule has 0 bridgehead atoms. The molecule has 2 aromatic rings. The van der Waals surface area contributed by atoms with Gasteiger partial charge < -0.3 is 5.11 Å². The molecule has 2 amide bonds. The van der Waals surface area contributed by atoms with Crippen LogP contribution in [0.1, 0.15) is 24.5 Å². The number of aliphatic imine (C=N–C) groups is 1. The van der Waals surface area contributed by atoms with Crippen molar-refractivity contribution in [2.45, 2.75) is 25.4 Å². The van der Waals surface area contributed by atoms with E-state index in [1.807, 2.05) is 30.3 Å². The number of carbonyl (C=O) groups is 2. The summed E-state index contributed by atoms with van der Waals surface area (Å²) in [5.74, 6) is -0.446. The number of hydrogen-bond acceptors (Lipinski definition) is 5. The number of amides is 2. The maximum Gasteiger partial charge on any atom is 0.411 e. The van der Waals surface area contributed by atoms with Crippen molar-refractivity contribution in [2.75, 3.05) is 0 Å². The number of hydrogen-bond donors (Lipinski definition) is 2. The molecule has 9 nitrogen and oxygen atoms in total. The van der Waals surface area contributed by atoms with Crippen LogP contribution in [0.5, 0.6) is 0 Å². The Labute approximate surface area is 160 Å². The minimum atomic E-state index is -1.35. The van der Waals surface area contributed by atoms with E-state index in [4.69, 9.17) is 0 Å². The number of nitro benzene ring substituents is 1. The SMILES string of the molecule is C[C@@]1(c2cccc([N+](=O)[O-])c2)CC(=O)N(Cc2ccccc2)C(NC(=O)O)=N1. The molecule has 0 saturated heterocycles. The molecule has 9 heteroatoms. The number of carbonyl (C=O) groups excluding carboxylic acids is 1. The van der Waals surface area contributed by atoms with E-state index in [0.29, 0.717) is 5.56 Å². The van der Waals surface area contributed by atoms with Crippen molar-refractivity contribution >= 4 is 23.6 Å². The lowest BCUT2D eigenvalue weighted by atomic mass is 9.87. The second kappa shape index (κ2) is 7.47. The molecule has 28 heavy (non-hydrogen) atoms. The molecule has 2 aromatic carbocycles. The van der Waals surface area contributed by atoms with Crippen molar-refractivity contribution in [1.29, 1.82) is 0 Å². The second-order valence-electron chi connectivity index (χ2n) is 6.59. The Bertz CT molecular complexity index is 960. The van der Waals surface area contributed by atoms with Crippen LogP contribution < -0.4 is 5.32 Å². The smallest absolute Gasteiger partial charge is 0.411 e. The first-order chi connectivity index (χ1) is 13.3. The lowest BCUT2D eigenvalue weighted by Gasteiger charge is -2.36. The molecule has 1 heterocycles. The highest BCUT2D eigenvalue weighted by atomic mass is 16.6. The number of non-ortho nitro benzene ring substituents is 1. The van der Waals surface area contributed by atoms with Crippen LogP contribution >= 0.6 is 0 Å². The average Bonchev–Trinajstić information content (AvgIpc) is 2.65. The van der Waals surface area contributed by atoms with Gasteiger partial charge in [0, 0.05) is 12.1 Å². The molecule has 0 fully saturated rings. The standard InChI is InChI=1S/C19H18N4O5/c1-19(14-8-5-9-15(10-14)23(27)28)11-16(24)22(17(21-19)20-18(25)26)12-13-6-3-2-4-7-13/h2-10H,11-12H2,1H3,(H,20,21)(H,25,26)/t19-/m0/s1. The molecule has 0 radical (unpaired) electrons. The van der Waals surface area contributed by atoms with E-state index in [-0.39, 0.29) is 30.5 Å². The summed E-state index contributed by atoms with van der Waals surface area (Å²) in [4.78, 5) is 40.4. The molecule has 1 aliphatic rings. The van der Waals surface area contributed by atoms with Crippen LogP contribution in [0.3, 0.4) is 0 Å². The Balaban J connectivity index is 2.01. The van der Waals surface area contributed by atoms with E-state index >= 15 is 0 Å². The fraction of sp³-hybridized carbons (Fsp3) is 0.211. The molecule has 3 rings (SSSR count). The van der Waals surface area contributed by atoms with Gasteiger partial charge in [0.25, 0.3) is 5.69 Å². The molecule has 144 valence electrons. The minimum absolute atomic E-state index is 0.0498. The number of guanidine groups is 1. The third-order valence-electron chi connectivity index (χ3n) is 4.49. The number of rotatable bonds is 4. The van der Waals surface area contributed by atoms with Gasteiger partial charge in [0.15, 0.2) is 0 Å². The number of carboxylic acid groups (broad SMARTS) is 1. The highest BCUT2D eigenvalue weighted by Crippen LogP contribution is 2.35. The largest absolute Gasteiger partial charge is 0.465 e. The van der Waals surface area contributed by atoms with Crippen molar-refractivity contribution < 1.29 is 19.6 Å². The first-order valence-electron chi connectivity index (χ1n) is 8.47. The van der Waals surface area contributed by atoms with Crippen LogP contribution in [0, 0.1) is 10.1 Å². The quantitative estimate of drug-likeness (QED) is 0.621. The van der Waals surface area contributed by atoms with Crippen LogP contribution in [-0.4, -0.2) is 32.9 Å². The van der Waals surface area contributed by atoms with Crippen LogP contribution in [0.25, 0.3) is 0 Å². The van der Waals surface area contributed by atoms with E-state index in [1.54, 1.807) is 13.0 Å². The van der Waals surface area contributed by atoms with Crippen molar-refractivity contribution in [3.63, 3.8) is 0 Å². The number of nitrogens with one attached hydrogen (secondary N) is 1. The Kier molecular flexibility index (Phi) is 5.08. The van der Waals surface area contributed by atoms with Gasteiger partial charge in [-0.15, -0.1) is 0 Å². The van der Waals surface area contributed by atoms with Crippen LogP contribution in [0.15, 0.2) is 59.6 Å². The molecule has 1 atom stereocenters. The number of nitrogens with zero attached hydrogens (tertiary/aromatic N) is 3. The maximum atomic E-state index is 12.9. The van der Waals surface area contributed by atoms with Gasteiger partial charge in [0.1, 0.15) is 0 Å². The monoisotopic (exact) mass is 382 g/mol. The minimum Gasteiger partial charge on any atom is -0.465 e. The molecule has 0 spiro atoms. The van der Waals surface area contributed by atoms with Crippen molar-refractivity contribution in [3.8, 4) is 0 Å². The normalized spacial score (nSPS) is 19.1. The lowest BCUT2D eigenvalue weighted by Crippen LogP contribution is -2.52. The highest BCUT2D eigenvalue weighted by molar-refractivity contribution is 6.04. The first-order valence-corrected chi connectivity index (χ1v) is 8.47. The molecule has 2 N–H and O–H groups in total. The predicted octanol–water partition coefficient (Wildman–Crippen LogP) is 2.87. The summed E-state index contributed by atoms with van der Waals surface area (Å²) in [5.41, 5.74) is 0.0169. The van der Waals surface area contributed by atoms with Gasteiger partial charge in [0.2, 0.25) is 11.9 Å². The molecular weight excluding hydrogens is 364 g/mol. The van der Waals surface area contributed by atoms with Crippen molar-refractivity contribution in [2.24, 2.45) is 4.99 Å². The lowest BCUT2D eigenvalue weighted by molar-refractivity contribution is -0.385. The zero-order chi connectivity index (χ0) is 20.3. The zero-order valence-corrected chi connectivity index (χ0v) is 15.0. The molecule has 0 unspecified atom stereocenters. The van der Waals surface area contributed by atoms with Gasteiger partial charge in [-0.1, -0.05) is 42.5 Å². The van der Waals surface area contributed by atoms with Crippen LogP contribution in [0.2, 0.25) is 0 Å². The van der Waals surface area contributed by atoms with Crippen LogP contribution in [0.4, 0.5) is 10.5 Å². The predicted molar refractivity (Wildman–Crippen MR) is 101 cm³/mol. The average molecular weight is 382 g/mol. The Morgan fingerprint density at radius 2 is 2.00 bits per heavy atom. The van der Waals surface area contributed by atoms with E-state index in [1.165, 1.54) is 23.1 Å². The van der Waals surface area contributed by atoms with Gasteiger partial charge in [-0.3, -0.25) is 25.1 Å². The van der Waals surface area contributed by atoms with Gasteiger partial charge in [-0.25, -0.2) is 9.79 Å². The topological polar surface area (TPSA) is 125 Å². The van der Waals surface area contributed by atoms with Gasteiger partial charge in [-0.05, 0) is 18.1 Å². The molecule has 0 saturated carbocycles. The summed E-state index contributed by atoms with van der Waals surface area (Å²) < 4.78 is 0. The third-order valence-corrected chi connectivity index (χ3v) is 4.49. The first kappa shape index (κ1) is 19.0. The summed E-state index contributed by atoms with van der Waals surface area (Å²) >= 11 is 0.